The summed E-state index contributed by atoms with van der Waals surface area (Å²) in [7, 11) is 3.23. The first-order chi connectivity index (χ1) is 30.9. The zero-order valence-electron chi connectivity index (χ0n) is 34.8. The summed E-state index contributed by atoms with van der Waals surface area (Å²) in [5.74, 6) is 0.770. The van der Waals surface area contributed by atoms with Crippen molar-refractivity contribution in [2.75, 3.05) is 31.5 Å². The number of ether oxygens (including phenoxy) is 3. The topological polar surface area (TPSA) is 183 Å². The van der Waals surface area contributed by atoms with Gasteiger partial charge in [0, 0.05) is 31.5 Å². The molecule has 0 unspecified atom stereocenters. The lowest BCUT2D eigenvalue weighted by Crippen LogP contribution is -2.34. The molecule has 0 saturated heterocycles. The maximum absolute atomic E-state index is 13.5. The first-order valence-electron chi connectivity index (χ1n) is 19.9. The molecule has 4 heterocycles. The van der Waals surface area contributed by atoms with Gasteiger partial charge in [-0.1, -0.05) is 84.9 Å². The van der Waals surface area contributed by atoms with E-state index < -0.39 is 11.5 Å². The van der Waals surface area contributed by atoms with Crippen LogP contribution in [0.1, 0.15) is 39.5 Å². The molecule has 0 aliphatic rings. The van der Waals surface area contributed by atoms with Crippen LogP contribution in [0.4, 0.5) is 11.4 Å². The number of nitrogens with zero attached hydrogens (tertiary/aromatic N) is 6. The third-order valence-corrected chi connectivity index (χ3v) is 9.60. The Labute approximate surface area is 361 Å². The highest BCUT2D eigenvalue weighted by molar-refractivity contribution is 6.04. The molecule has 0 radical (unpaired) electrons. The predicted octanol–water partition coefficient (Wildman–Crippen LogP) is 6.26. The highest BCUT2D eigenvalue weighted by Crippen LogP contribution is 2.26. The average molecular weight is 849 g/mol. The van der Waals surface area contributed by atoms with Gasteiger partial charge >= 0.3 is 11.5 Å². The Kier molecular flexibility index (Phi) is 14.2. The van der Waals surface area contributed by atoms with Gasteiger partial charge < -0.3 is 34.5 Å². The summed E-state index contributed by atoms with van der Waals surface area (Å²) < 4.78 is 17.8. The molecule has 4 aromatic heterocycles. The maximum atomic E-state index is 13.5. The van der Waals surface area contributed by atoms with E-state index >= 15 is 0 Å². The van der Waals surface area contributed by atoms with Crippen LogP contribution in [0.15, 0.2) is 150 Å². The smallest absolute Gasteiger partial charge is 0.346 e. The number of nitrogens with one attached hydrogen (secondary N) is 2. The molecule has 63 heavy (non-hydrogen) atoms. The fraction of sp³-hybridized carbons (Fsp3) is 0.170. The summed E-state index contributed by atoms with van der Waals surface area (Å²) in [4.78, 5) is 67.3. The summed E-state index contributed by atoms with van der Waals surface area (Å²) in [5.41, 5.74) is 4.25. The molecule has 2 N–H and O–H groups in total. The Hall–Kier alpha value is -8.27. The third kappa shape index (κ3) is 10.6. The predicted molar refractivity (Wildman–Crippen MR) is 238 cm³/mol. The highest BCUT2D eigenvalue weighted by atomic mass is 16.7. The molecular weight excluding hydrogens is 805 g/mol. The standard InChI is InChI=1S/C25H24N4O5.C22H20N4O3/c1-3-33-25(31)21-22(27-13-17-9-11-19(32-2)12-10-17)20-14-26-16-28-23(20)29(24(21)30)34-15-18-7-5-4-6-8-18;1-28-18-9-7-16(8-10-18)12-24-20-11-21(27)26(22-19(20)13-23-15-25-22)29-14-17-5-3-2-4-6-17/h4-12,14,16,27H,3,13,15H2,1-2H3;2-11,13,15,24H,12,14H2,1H3. The molecule has 16 nitrogen and oxygen atoms in total. The first-order valence-corrected chi connectivity index (χ1v) is 19.9. The van der Waals surface area contributed by atoms with Gasteiger partial charge in [0.25, 0.3) is 5.56 Å². The minimum atomic E-state index is -0.757. The number of carbonyl (C=O) groups is 1. The molecule has 8 rings (SSSR count). The van der Waals surface area contributed by atoms with Crippen LogP contribution >= 0.6 is 0 Å². The van der Waals surface area contributed by atoms with Crippen LogP contribution < -0.4 is 40.9 Å². The second kappa shape index (κ2) is 20.8. The molecule has 0 fully saturated rings. The van der Waals surface area contributed by atoms with Crippen LogP contribution in [0.5, 0.6) is 11.5 Å². The minimum absolute atomic E-state index is 0.112. The fourth-order valence-electron chi connectivity index (χ4n) is 6.41. The zero-order valence-corrected chi connectivity index (χ0v) is 34.8. The number of hydrogen-bond acceptors (Lipinski definition) is 14. The van der Waals surface area contributed by atoms with Crippen molar-refractivity contribution in [3.63, 3.8) is 0 Å². The number of esters is 1. The van der Waals surface area contributed by atoms with Crippen LogP contribution in [0.3, 0.4) is 0 Å². The average Bonchev–Trinajstić information content (AvgIpc) is 3.33. The van der Waals surface area contributed by atoms with E-state index in [4.69, 9.17) is 23.9 Å². The van der Waals surface area contributed by atoms with Gasteiger partial charge in [-0.25, -0.2) is 24.7 Å². The SMILES string of the molecule is CCOC(=O)c1c(NCc2ccc(OC)cc2)c2cncnc2n(OCc2ccccc2)c1=O.COc1ccc(CNc2cc(=O)n(OCc3ccccc3)c3ncncc23)cc1. The van der Waals surface area contributed by atoms with E-state index in [0.717, 1.165) is 38.5 Å². The van der Waals surface area contributed by atoms with Crippen LogP contribution in [0, 0.1) is 0 Å². The largest absolute Gasteiger partial charge is 0.497 e. The summed E-state index contributed by atoms with van der Waals surface area (Å²) in [6.07, 6.45) is 5.92. The summed E-state index contributed by atoms with van der Waals surface area (Å²) in [6, 6.07) is 35.7. The molecule has 0 atom stereocenters. The van der Waals surface area contributed by atoms with Gasteiger partial charge in [-0.05, 0) is 53.4 Å². The zero-order chi connectivity index (χ0) is 44.0. The van der Waals surface area contributed by atoms with E-state index in [0.29, 0.717) is 35.2 Å². The van der Waals surface area contributed by atoms with Crippen molar-refractivity contribution in [2.45, 2.75) is 33.2 Å². The Balaban J connectivity index is 0.000000191. The Morgan fingerprint density at radius 1 is 0.619 bits per heavy atom. The first kappa shape index (κ1) is 42.8. The molecule has 8 aromatic rings. The van der Waals surface area contributed by atoms with Crippen molar-refractivity contribution >= 4 is 39.4 Å². The number of pyridine rings is 2. The van der Waals surface area contributed by atoms with E-state index in [9.17, 15) is 14.4 Å². The number of aromatic nitrogens is 6. The lowest BCUT2D eigenvalue weighted by atomic mass is 10.1. The van der Waals surface area contributed by atoms with Crippen molar-refractivity contribution in [3.8, 4) is 11.5 Å². The van der Waals surface area contributed by atoms with Crippen molar-refractivity contribution in [2.24, 2.45) is 0 Å². The summed E-state index contributed by atoms with van der Waals surface area (Å²) in [6.45, 7) is 3.05. The van der Waals surface area contributed by atoms with Gasteiger partial charge in [0.1, 0.15) is 37.4 Å². The molecule has 320 valence electrons. The molecule has 0 spiro atoms. The lowest BCUT2D eigenvalue weighted by Gasteiger charge is -2.17. The number of carbonyl (C=O) groups excluding carboxylic acids is 1. The number of rotatable bonds is 16. The van der Waals surface area contributed by atoms with Crippen molar-refractivity contribution in [1.82, 2.24) is 29.4 Å². The van der Waals surface area contributed by atoms with E-state index in [2.05, 4.69) is 30.6 Å². The van der Waals surface area contributed by atoms with Crippen LogP contribution in [-0.2, 0) is 31.0 Å². The Morgan fingerprint density at radius 3 is 1.67 bits per heavy atom. The molecule has 0 saturated carbocycles. The quantitative estimate of drug-likeness (QED) is 0.104. The van der Waals surface area contributed by atoms with Crippen molar-refractivity contribution in [3.05, 3.63) is 189 Å². The maximum Gasteiger partial charge on any atom is 0.346 e. The van der Waals surface area contributed by atoms with Crippen LogP contribution in [-0.4, -0.2) is 56.2 Å². The number of hydrogen-bond donors (Lipinski definition) is 2. The van der Waals surface area contributed by atoms with Crippen LogP contribution in [0.2, 0.25) is 0 Å². The number of methoxy groups -OCH3 is 2. The highest BCUT2D eigenvalue weighted by Gasteiger charge is 2.25. The normalized spacial score (nSPS) is 10.7. The number of anilines is 2. The third-order valence-electron chi connectivity index (χ3n) is 9.60. The molecule has 16 heteroatoms. The molecule has 0 amide bonds. The monoisotopic (exact) mass is 848 g/mol. The number of fused-ring (bicyclic) bond motifs is 2. The molecule has 0 aliphatic heterocycles. The second-order valence-electron chi connectivity index (χ2n) is 13.7. The van der Waals surface area contributed by atoms with E-state index in [1.165, 1.54) is 29.6 Å². The van der Waals surface area contributed by atoms with Gasteiger partial charge in [0.05, 0.1) is 43.0 Å². The van der Waals surface area contributed by atoms with Crippen molar-refractivity contribution in [1.29, 1.82) is 0 Å². The van der Waals surface area contributed by atoms with Gasteiger partial charge in [-0.15, -0.1) is 9.46 Å². The van der Waals surface area contributed by atoms with E-state index in [1.54, 1.807) is 27.3 Å². The number of benzene rings is 4. The molecule has 0 bridgehead atoms. The van der Waals surface area contributed by atoms with E-state index in [1.807, 2.05) is 109 Å². The molecule has 4 aromatic carbocycles. The Bertz CT molecular complexity index is 2890. The van der Waals surface area contributed by atoms with Gasteiger partial charge in [0.2, 0.25) is 0 Å². The van der Waals surface area contributed by atoms with Gasteiger partial charge in [0.15, 0.2) is 16.9 Å². The summed E-state index contributed by atoms with van der Waals surface area (Å²) in [5, 5.41) is 7.65. The van der Waals surface area contributed by atoms with Crippen molar-refractivity contribution < 1.29 is 28.7 Å². The Morgan fingerprint density at radius 2 is 1.13 bits per heavy atom. The van der Waals surface area contributed by atoms with Gasteiger partial charge in [-0.2, -0.15) is 0 Å². The fourth-order valence-corrected chi connectivity index (χ4v) is 6.41. The molecular formula is C47H44N8O8. The summed E-state index contributed by atoms with van der Waals surface area (Å²) >= 11 is 0. The molecule has 0 aliphatic carbocycles. The van der Waals surface area contributed by atoms with E-state index in [-0.39, 0.29) is 42.3 Å². The second-order valence-corrected chi connectivity index (χ2v) is 13.7. The minimum Gasteiger partial charge on any atom is -0.497 e. The van der Waals surface area contributed by atoms with Gasteiger partial charge in [-0.3, -0.25) is 9.59 Å². The lowest BCUT2D eigenvalue weighted by molar-refractivity contribution is 0.0513. The van der Waals surface area contributed by atoms with Crippen LogP contribution in [0.25, 0.3) is 22.1 Å².